The molecule has 0 aliphatic heterocycles. The van der Waals surface area contributed by atoms with Crippen molar-refractivity contribution < 1.29 is 39.6 Å². The molecule has 1 aromatic carbocycles. The number of hydrogen-bond acceptors (Lipinski definition) is 6. The first-order chi connectivity index (χ1) is 7.82. The normalized spacial score (nSPS) is 9.76. The molecule has 0 saturated heterocycles. The fourth-order valence-corrected chi connectivity index (χ4v) is 1.12. The van der Waals surface area contributed by atoms with Crippen LogP contribution < -0.4 is 4.65 Å². The van der Waals surface area contributed by atoms with E-state index >= 15 is 0 Å². The number of carboxylic acids is 2. The van der Waals surface area contributed by atoms with E-state index in [-0.39, 0.29) is 0 Å². The van der Waals surface area contributed by atoms with Crippen LogP contribution in [0.2, 0.25) is 0 Å². The number of aromatic hydroxyl groups is 1. The molecule has 0 radical (unpaired) electrons. The molecule has 0 fully saturated rings. The number of carbonyl (C=O) groups is 2. The fraction of sp³-hybridized carbons (Fsp3) is 0. The van der Waals surface area contributed by atoms with Gasteiger partial charge < -0.3 is 30.0 Å². The van der Waals surface area contributed by atoms with Gasteiger partial charge in [0.25, 0.3) is 0 Å². The number of phenols is 1. The highest BCUT2D eigenvalue weighted by Gasteiger charge is 2.22. The van der Waals surface area contributed by atoms with Crippen LogP contribution >= 0.6 is 0 Å². The zero-order chi connectivity index (χ0) is 13.2. The van der Waals surface area contributed by atoms with Crippen LogP contribution in [0.3, 0.4) is 0 Å². The van der Waals surface area contributed by atoms with Crippen molar-refractivity contribution in [3.8, 4) is 11.5 Å². The molecule has 1 rings (SSSR count). The van der Waals surface area contributed by atoms with Gasteiger partial charge >= 0.3 is 19.3 Å². The van der Waals surface area contributed by atoms with Gasteiger partial charge in [-0.25, -0.2) is 9.59 Å². The minimum Gasteiger partial charge on any atom is -0.511 e. The molecule has 1 aromatic rings. The molecule has 0 heterocycles. The third-order valence-electron chi connectivity index (χ3n) is 1.79. The Morgan fingerprint density at radius 1 is 1.06 bits per heavy atom. The highest BCUT2D eigenvalue weighted by molar-refractivity contribution is 6.34. The van der Waals surface area contributed by atoms with Crippen molar-refractivity contribution in [2.45, 2.75) is 0 Å². The summed E-state index contributed by atoms with van der Waals surface area (Å²) in [6.45, 7) is 0. The second-order valence-corrected chi connectivity index (χ2v) is 2.92. The van der Waals surface area contributed by atoms with Crippen molar-refractivity contribution in [1.82, 2.24) is 0 Å². The summed E-state index contributed by atoms with van der Waals surface area (Å²) in [5, 5.41) is 43.7. The van der Waals surface area contributed by atoms with E-state index in [1.165, 1.54) is 0 Å². The summed E-state index contributed by atoms with van der Waals surface area (Å²) in [5.41, 5.74) is -1.25. The maximum atomic E-state index is 10.8. The summed E-state index contributed by atoms with van der Waals surface area (Å²) in [6, 6.07) is 1.32. The lowest BCUT2D eigenvalue weighted by atomic mass is 10.1. The Bertz CT molecular complexity index is 469. The number of hydrogen-bond donors (Lipinski definition) is 5. The average Bonchev–Trinajstić information content (AvgIpc) is 2.15. The van der Waals surface area contributed by atoms with Gasteiger partial charge in [0.05, 0.1) is 0 Å². The maximum Gasteiger partial charge on any atom is 0.707 e. The van der Waals surface area contributed by atoms with Crippen molar-refractivity contribution in [1.29, 1.82) is 0 Å². The Balaban J connectivity index is 3.35. The third kappa shape index (κ3) is 2.86. The van der Waals surface area contributed by atoms with E-state index in [4.69, 9.17) is 20.3 Å². The first kappa shape index (κ1) is 12.8. The van der Waals surface area contributed by atoms with Crippen LogP contribution in [0, 0.1) is 0 Å². The molecule has 0 aliphatic carbocycles. The topological polar surface area (TPSA) is 145 Å². The lowest BCUT2D eigenvalue weighted by molar-refractivity contribution is 0.0693. The van der Waals surface area contributed by atoms with Crippen LogP contribution in [0.25, 0.3) is 0 Å². The van der Waals surface area contributed by atoms with Gasteiger partial charge in [0.2, 0.25) is 0 Å². The van der Waals surface area contributed by atoms with Crippen LogP contribution in [0.5, 0.6) is 11.5 Å². The first-order valence-electron chi connectivity index (χ1n) is 4.19. The van der Waals surface area contributed by atoms with E-state index in [0.29, 0.717) is 12.1 Å². The van der Waals surface area contributed by atoms with Crippen LogP contribution in [0.4, 0.5) is 0 Å². The quantitative estimate of drug-likeness (QED) is 0.428. The molecule has 0 bridgehead atoms. The van der Waals surface area contributed by atoms with Crippen molar-refractivity contribution >= 4 is 19.3 Å². The van der Waals surface area contributed by atoms with E-state index in [9.17, 15) is 14.7 Å². The smallest absolute Gasteiger partial charge is 0.511 e. The molecule has 0 spiro atoms. The Morgan fingerprint density at radius 2 is 1.59 bits per heavy atom. The molecule has 17 heavy (non-hydrogen) atoms. The third-order valence-corrected chi connectivity index (χ3v) is 1.79. The molecule has 0 aromatic heterocycles. The SMILES string of the molecule is O=C(O)c1cc(C(=O)O)c(OB(O)O)cc1O. The van der Waals surface area contributed by atoms with Crippen LogP contribution in [0.1, 0.15) is 20.7 Å². The summed E-state index contributed by atoms with van der Waals surface area (Å²) >= 11 is 0. The van der Waals surface area contributed by atoms with Gasteiger partial charge in [0, 0.05) is 6.07 Å². The Morgan fingerprint density at radius 3 is 2.00 bits per heavy atom. The molecule has 0 unspecified atom stereocenters. The molecule has 5 N–H and O–H groups in total. The van der Waals surface area contributed by atoms with E-state index in [0.717, 1.165) is 0 Å². The zero-order valence-corrected chi connectivity index (χ0v) is 8.19. The second-order valence-electron chi connectivity index (χ2n) is 2.92. The Labute approximate surface area is 94.5 Å². The molecule has 8 nitrogen and oxygen atoms in total. The fourth-order valence-electron chi connectivity index (χ4n) is 1.12. The van der Waals surface area contributed by atoms with Gasteiger partial charge in [-0.1, -0.05) is 0 Å². The van der Waals surface area contributed by atoms with Gasteiger partial charge in [-0.15, -0.1) is 0 Å². The molecular weight excluding hydrogens is 235 g/mol. The molecular formula is C8H7BO8. The summed E-state index contributed by atoms with van der Waals surface area (Å²) in [4.78, 5) is 21.4. The van der Waals surface area contributed by atoms with Crippen LogP contribution in [-0.4, -0.2) is 44.6 Å². The van der Waals surface area contributed by atoms with Gasteiger partial charge in [-0.2, -0.15) is 0 Å². The molecule has 0 atom stereocenters. The van der Waals surface area contributed by atoms with Crippen LogP contribution in [0.15, 0.2) is 12.1 Å². The summed E-state index contributed by atoms with van der Waals surface area (Å²) in [5.74, 6) is -4.38. The largest absolute Gasteiger partial charge is 0.707 e. The molecule has 0 aliphatic rings. The number of carboxylic acid groups (broad SMARTS) is 2. The summed E-state index contributed by atoms with van der Waals surface area (Å²) < 4.78 is 4.30. The number of aromatic carboxylic acids is 2. The minimum atomic E-state index is -2.29. The van der Waals surface area contributed by atoms with Crippen molar-refractivity contribution in [3.63, 3.8) is 0 Å². The standard InChI is InChI=1S/C8H7BO8/c10-5-2-6(17-9(15)16)4(8(13)14)1-3(5)7(11)12/h1-2,10,15-16H,(H,11,12)(H,13,14). The predicted octanol–water partition coefficient (Wildman–Crippen LogP) is -0.863. The van der Waals surface area contributed by atoms with Gasteiger partial charge in [-0.05, 0) is 6.07 Å². The predicted molar refractivity (Wildman–Crippen MR) is 52.8 cm³/mol. The van der Waals surface area contributed by atoms with Crippen LogP contribution in [-0.2, 0) is 0 Å². The van der Waals surface area contributed by atoms with Crippen molar-refractivity contribution in [2.24, 2.45) is 0 Å². The zero-order valence-electron chi connectivity index (χ0n) is 8.19. The molecule has 0 saturated carbocycles. The highest BCUT2D eigenvalue weighted by Crippen LogP contribution is 2.28. The van der Waals surface area contributed by atoms with E-state index in [1.807, 2.05) is 0 Å². The monoisotopic (exact) mass is 242 g/mol. The molecule has 90 valence electrons. The lowest BCUT2D eigenvalue weighted by Crippen LogP contribution is -2.22. The first-order valence-corrected chi connectivity index (χ1v) is 4.19. The maximum absolute atomic E-state index is 10.8. The van der Waals surface area contributed by atoms with E-state index in [1.54, 1.807) is 0 Å². The number of rotatable bonds is 4. The van der Waals surface area contributed by atoms with Gasteiger partial charge in [-0.3, -0.25) is 0 Å². The van der Waals surface area contributed by atoms with Gasteiger partial charge in [0.15, 0.2) is 0 Å². The van der Waals surface area contributed by atoms with Gasteiger partial charge in [0.1, 0.15) is 22.6 Å². The average molecular weight is 242 g/mol. The Kier molecular flexibility index (Phi) is 3.56. The van der Waals surface area contributed by atoms with Crippen molar-refractivity contribution in [2.75, 3.05) is 0 Å². The van der Waals surface area contributed by atoms with Crippen molar-refractivity contribution in [3.05, 3.63) is 23.3 Å². The van der Waals surface area contributed by atoms with E-state index in [2.05, 4.69) is 4.65 Å². The van der Waals surface area contributed by atoms with E-state index < -0.39 is 41.9 Å². The summed E-state index contributed by atoms with van der Waals surface area (Å²) in [7, 11) is -2.29. The minimum absolute atomic E-state index is 0.560. The number of benzene rings is 1. The molecule has 9 heteroatoms. The lowest BCUT2D eigenvalue weighted by Gasteiger charge is -2.10. The molecule has 0 amide bonds. The Hall–Kier alpha value is -2.26. The second kappa shape index (κ2) is 4.72. The summed E-state index contributed by atoms with van der Waals surface area (Å²) in [6.07, 6.45) is 0. The highest BCUT2D eigenvalue weighted by atomic mass is 16.6.